The van der Waals surface area contributed by atoms with Gasteiger partial charge in [0, 0.05) is 6.20 Å². The molecule has 1 aliphatic rings. The number of carbonyl (C=O) groups is 2. The Morgan fingerprint density at radius 3 is 2.84 bits per heavy atom. The minimum atomic E-state index is -0.745. The molecule has 1 saturated heterocycles. The Bertz CT molecular complexity index is 473. The molecular weight excluding hydrogens is 248 g/mol. The molecule has 1 aromatic rings. The van der Waals surface area contributed by atoms with Crippen LogP contribution in [0, 0.1) is 0 Å². The van der Waals surface area contributed by atoms with Gasteiger partial charge in [-0.2, -0.15) is 0 Å². The van der Waals surface area contributed by atoms with Crippen LogP contribution in [0.25, 0.3) is 0 Å². The third kappa shape index (κ3) is 3.59. The van der Waals surface area contributed by atoms with Crippen molar-refractivity contribution in [2.24, 2.45) is 0 Å². The first-order valence-corrected chi connectivity index (χ1v) is 6.02. The third-order valence-electron chi connectivity index (χ3n) is 2.69. The first kappa shape index (κ1) is 13.6. The van der Waals surface area contributed by atoms with Gasteiger partial charge >= 0.3 is 0 Å². The number of hydrogen-bond acceptors (Lipinski definition) is 5. The van der Waals surface area contributed by atoms with Gasteiger partial charge in [-0.15, -0.1) is 0 Å². The standard InChI is InChI=1S/C13H16N2O4/c1-13(2)18-8-11(19-13)10(16)7-15-12(17)9-5-3-4-6-14-9/h3-6,11H,7-8H2,1-2H3,(H,15,17). The van der Waals surface area contributed by atoms with Crippen LogP contribution in [-0.2, 0) is 14.3 Å². The number of Topliss-reactive ketones (excluding diaryl/α,β-unsaturated/α-hetero) is 1. The van der Waals surface area contributed by atoms with Crippen molar-refractivity contribution in [1.29, 1.82) is 0 Å². The fourth-order valence-electron chi connectivity index (χ4n) is 1.71. The van der Waals surface area contributed by atoms with Crippen molar-refractivity contribution in [2.75, 3.05) is 13.2 Å². The number of amides is 1. The lowest BCUT2D eigenvalue weighted by molar-refractivity contribution is -0.151. The fraction of sp³-hybridized carbons (Fsp3) is 0.462. The molecule has 6 nitrogen and oxygen atoms in total. The average molecular weight is 264 g/mol. The van der Waals surface area contributed by atoms with Crippen LogP contribution in [0.15, 0.2) is 24.4 Å². The molecule has 1 fully saturated rings. The van der Waals surface area contributed by atoms with Crippen LogP contribution >= 0.6 is 0 Å². The molecular formula is C13H16N2O4. The molecule has 6 heteroatoms. The molecule has 1 aliphatic heterocycles. The van der Waals surface area contributed by atoms with Gasteiger partial charge in [0.05, 0.1) is 13.2 Å². The summed E-state index contributed by atoms with van der Waals surface area (Å²) in [6, 6.07) is 5.01. The zero-order valence-corrected chi connectivity index (χ0v) is 10.9. The van der Waals surface area contributed by atoms with E-state index in [1.165, 1.54) is 6.20 Å². The van der Waals surface area contributed by atoms with Gasteiger partial charge in [-0.05, 0) is 26.0 Å². The van der Waals surface area contributed by atoms with E-state index in [0.717, 1.165) is 0 Å². The van der Waals surface area contributed by atoms with Gasteiger partial charge in [0.1, 0.15) is 11.8 Å². The molecule has 1 unspecified atom stereocenters. The molecule has 102 valence electrons. The van der Waals surface area contributed by atoms with Crippen LogP contribution < -0.4 is 5.32 Å². The summed E-state index contributed by atoms with van der Waals surface area (Å²) in [6.07, 6.45) is 0.895. The van der Waals surface area contributed by atoms with Crippen LogP contribution in [0.3, 0.4) is 0 Å². The van der Waals surface area contributed by atoms with Gasteiger partial charge in [-0.3, -0.25) is 14.6 Å². The highest BCUT2D eigenvalue weighted by molar-refractivity contribution is 5.96. The maximum Gasteiger partial charge on any atom is 0.270 e. The zero-order chi connectivity index (χ0) is 13.9. The summed E-state index contributed by atoms with van der Waals surface area (Å²) in [5, 5.41) is 2.52. The van der Waals surface area contributed by atoms with Crippen LogP contribution in [-0.4, -0.2) is 41.7 Å². The van der Waals surface area contributed by atoms with Crippen LogP contribution in [0.1, 0.15) is 24.3 Å². The molecule has 19 heavy (non-hydrogen) atoms. The summed E-state index contributed by atoms with van der Waals surface area (Å²) in [7, 11) is 0. The van der Waals surface area contributed by atoms with E-state index in [9.17, 15) is 9.59 Å². The lowest BCUT2D eigenvalue weighted by Gasteiger charge is -2.16. The minimum absolute atomic E-state index is 0.0977. The normalized spacial score (nSPS) is 21.1. The van der Waals surface area contributed by atoms with Gasteiger partial charge in [0.15, 0.2) is 11.6 Å². The SMILES string of the molecule is CC1(C)OCC(C(=O)CNC(=O)c2ccccn2)O1. The second-order valence-corrected chi connectivity index (χ2v) is 4.68. The summed E-state index contributed by atoms with van der Waals surface area (Å²) in [4.78, 5) is 27.4. The fourth-order valence-corrected chi connectivity index (χ4v) is 1.71. The maximum absolute atomic E-state index is 11.8. The Morgan fingerprint density at radius 1 is 1.47 bits per heavy atom. The number of rotatable bonds is 4. The van der Waals surface area contributed by atoms with E-state index in [-0.39, 0.29) is 30.5 Å². The highest BCUT2D eigenvalue weighted by atomic mass is 16.7. The Hall–Kier alpha value is -1.79. The van der Waals surface area contributed by atoms with E-state index >= 15 is 0 Å². The number of aromatic nitrogens is 1. The molecule has 2 heterocycles. The van der Waals surface area contributed by atoms with Gasteiger partial charge < -0.3 is 14.8 Å². The number of hydrogen-bond donors (Lipinski definition) is 1. The first-order chi connectivity index (χ1) is 8.98. The van der Waals surface area contributed by atoms with Crippen molar-refractivity contribution in [2.45, 2.75) is 25.7 Å². The molecule has 1 amide bonds. The van der Waals surface area contributed by atoms with Gasteiger partial charge in [-0.25, -0.2) is 0 Å². The zero-order valence-electron chi connectivity index (χ0n) is 10.9. The smallest absolute Gasteiger partial charge is 0.270 e. The van der Waals surface area contributed by atoms with Gasteiger partial charge in [0.2, 0.25) is 0 Å². The molecule has 0 bridgehead atoms. The Morgan fingerprint density at radius 2 is 2.26 bits per heavy atom. The number of nitrogens with zero attached hydrogens (tertiary/aromatic N) is 1. The monoisotopic (exact) mass is 264 g/mol. The topological polar surface area (TPSA) is 77.5 Å². The second-order valence-electron chi connectivity index (χ2n) is 4.68. The predicted octanol–water partition coefficient (Wildman–Crippen LogP) is 0.532. The van der Waals surface area contributed by atoms with Crippen molar-refractivity contribution in [1.82, 2.24) is 10.3 Å². The number of ketones is 1. The average Bonchev–Trinajstić information content (AvgIpc) is 2.77. The second kappa shape index (κ2) is 5.46. The van der Waals surface area contributed by atoms with E-state index in [1.807, 2.05) is 0 Å². The molecule has 1 N–H and O–H groups in total. The number of ether oxygens (including phenoxy) is 2. The largest absolute Gasteiger partial charge is 0.347 e. The molecule has 0 radical (unpaired) electrons. The summed E-state index contributed by atoms with van der Waals surface area (Å²) in [6.45, 7) is 3.60. The van der Waals surface area contributed by atoms with Crippen molar-refractivity contribution in [3.63, 3.8) is 0 Å². The molecule has 1 atom stereocenters. The number of pyridine rings is 1. The molecule has 0 aliphatic carbocycles. The van der Waals surface area contributed by atoms with Crippen molar-refractivity contribution < 1.29 is 19.1 Å². The molecule has 2 rings (SSSR count). The Balaban J connectivity index is 1.83. The van der Waals surface area contributed by atoms with E-state index < -0.39 is 11.9 Å². The molecule has 0 aromatic carbocycles. The number of carbonyl (C=O) groups excluding carboxylic acids is 2. The molecule has 1 aromatic heterocycles. The number of nitrogens with one attached hydrogen (secondary N) is 1. The van der Waals surface area contributed by atoms with Gasteiger partial charge in [-0.1, -0.05) is 6.07 Å². The van der Waals surface area contributed by atoms with Gasteiger partial charge in [0.25, 0.3) is 5.91 Å². The molecule has 0 spiro atoms. The summed E-state index contributed by atoms with van der Waals surface area (Å²) in [5.41, 5.74) is 0.277. The summed E-state index contributed by atoms with van der Waals surface area (Å²) < 4.78 is 10.7. The lowest BCUT2D eigenvalue weighted by atomic mass is 10.2. The Labute approximate surface area is 111 Å². The molecule has 0 saturated carbocycles. The first-order valence-electron chi connectivity index (χ1n) is 6.02. The maximum atomic E-state index is 11.8. The third-order valence-corrected chi connectivity index (χ3v) is 2.69. The van der Waals surface area contributed by atoms with E-state index in [4.69, 9.17) is 9.47 Å². The minimum Gasteiger partial charge on any atom is -0.347 e. The van der Waals surface area contributed by atoms with E-state index in [2.05, 4.69) is 10.3 Å². The van der Waals surface area contributed by atoms with Crippen molar-refractivity contribution in [3.8, 4) is 0 Å². The van der Waals surface area contributed by atoms with E-state index in [0.29, 0.717) is 0 Å². The highest BCUT2D eigenvalue weighted by Crippen LogP contribution is 2.22. The predicted molar refractivity (Wildman–Crippen MR) is 66.5 cm³/mol. The summed E-state index contributed by atoms with van der Waals surface area (Å²) in [5.74, 6) is -1.34. The lowest BCUT2D eigenvalue weighted by Crippen LogP contribution is -2.37. The van der Waals surface area contributed by atoms with Crippen LogP contribution in [0.5, 0.6) is 0 Å². The highest BCUT2D eigenvalue weighted by Gasteiger charge is 2.36. The van der Waals surface area contributed by atoms with Crippen LogP contribution in [0.2, 0.25) is 0 Å². The van der Waals surface area contributed by atoms with Crippen molar-refractivity contribution >= 4 is 11.7 Å². The quantitative estimate of drug-likeness (QED) is 0.858. The van der Waals surface area contributed by atoms with Crippen LogP contribution in [0.4, 0.5) is 0 Å². The Kier molecular flexibility index (Phi) is 3.92. The van der Waals surface area contributed by atoms with E-state index in [1.54, 1.807) is 32.0 Å². The summed E-state index contributed by atoms with van der Waals surface area (Å²) >= 11 is 0. The van der Waals surface area contributed by atoms with Crippen molar-refractivity contribution in [3.05, 3.63) is 30.1 Å².